The Bertz CT molecular complexity index is 1340. The highest BCUT2D eigenvalue weighted by Gasteiger charge is 2.34. The summed E-state index contributed by atoms with van der Waals surface area (Å²) >= 11 is 6.56. The zero-order valence-electron chi connectivity index (χ0n) is 21.8. The maximum Gasteiger partial charge on any atom is 0.330 e. The van der Waals surface area contributed by atoms with Gasteiger partial charge in [-0.25, -0.2) is 9.78 Å². The minimum absolute atomic E-state index is 0.132. The minimum atomic E-state index is -0.132. The third kappa shape index (κ3) is 4.72. The van der Waals surface area contributed by atoms with E-state index in [-0.39, 0.29) is 6.03 Å². The van der Waals surface area contributed by atoms with Gasteiger partial charge in [-0.1, -0.05) is 23.7 Å². The molecule has 1 N–H and O–H groups in total. The number of likely N-dealkylation sites (N-methyl/N-ethyl adjacent to an activating group) is 1. The maximum absolute atomic E-state index is 13.8. The number of para-hydroxylation sites is 1. The Morgan fingerprint density at radius 3 is 2.68 bits per heavy atom. The van der Waals surface area contributed by atoms with Crippen molar-refractivity contribution in [1.82, 2.24) is 14.9 Å². The van der Waals surface area contributed by atoms with E-state index < -0.39 is 0 Å². The fourth-order valence-electron chi connectivity index (χ4n) is 5.32. The molecule has 2 aromatic carbocycles. The van der Waals surface area contributed by atoms with E-state index in [2.05, 4.69) is 33.2 Å². The first-order chi connectivity index (χ1) is 18.5. The first kappa shape index (κ1) is 24.8. The van der Waals surface area contributed by atoms with Crippen molar-refractivity contribution < 1.29 is 9.53 Å². The monoisotopic (exact) mass is 533 g/mol. The van der Waals surface area contributed by atoms with Crippen LogP contribution in [0.15, 0.2) is 42.6 Å². The average molecular weight is 534 g/mol. The molecule has 6 rings (SSSR count). The predicted molar refractivity (Wildman–Crippen MR) is 151 cm³/mol. The van der Waals surface area contributed by atoms with E-state index in [0.29, 0.717) is 36.5 Å². The lowest BCUT2D eigenvalue weighted by molar-refractivity contribution is 0.249. The van der Waals surface area contributed by atoms with Gasteiger partial charge in [0.15, 0.2) is 0 Å². The third-order valence-electron chi connectivity index (χ3n) is 7.44. The highest BCUT2D eigenvalue weighted by Crippen LogP contribution is 2.38. The molecule has 4 heterocycles. The number of aromatic nitrogens is 2. The van der Waals surface area contributed by atoms with Crippen molar-refractivity contribution in [3.63, 3.8) is 0 Å². The maximum atomic E-state index is 13.8. The van der Waals surface area contributed by atoms with Crippen LogP contribution in [0.5, 0.6) is 5.75 Å². The molecule has 38 heavy (non-hydrogen) atoms. The van der Waals surface area contributed by atoms with Gasteiger partial charge in [-0.05, 0) is 50.6 Å². The number of urea groups is 1. The second kappa shape index (κ2) is 10.3. The second-order valence-electron chi connectivity index (χ2n) is 10.1. The standard InChI is InChI=1S/C28H32ClN7O2/c1-19-6-5-7-22(29)25(19)36-18-20-17-30-27-31-21-8-9-23(34-13-11-33(2)12-14-34)24(16-21)38-15-4-3-10-35(28(36)37)26(20)32-27/h5-9,16-17H,3-4,10-15,18H2,1-2H3,(H,30,31,32). The molecule has 0 aliphatic carbocycles. The van der Waals surface area contributed by atoms with Crippen molar-refractivity contribution in [2.75, 3.05) is 66.4 Å². The molecule has 4 bridgehead atoms. The Labute approximate surface area is 228 Å². The number of fused-ring (bicyclic) bond motifs is 3. The van der Waals surface area contributed by atoms with Crippen LogP contribution < -0.4 is 24.8 Å². The molecule has 0 radical (unpaired) electrons. The quantitative estimate of drug-likeness (QED) is 0.493. The molecular weight excluding hydrogens is 502 g/mol. The van der Waals surface area contributed by atoms with Gasteiger partial charge in [-0.2, -0.15) is 4.98 Å². The van der Waals surface area contributed by atoms with E-state index in [9.17, 15) is 4.79 Å². The highest BCUT2D eigenvalue weighted by atomic mass is 35.5. The number of aryl methyl sites for hydroxylation is 1. The first-order valence-electron chi connectivity index (χ1n) is 13.2. The summed E-state index contributed by atoms with van der Waals surface area (Å²) in [6.07, 6.45) is 3.39. The highest BCUT2D eigenvalue weighted by molar-refractivity contribution is 6.34. The number of halogens is 1. The van der Waals surface area contributed by atoms with Crippen LogP contribution in [0.25, 0.3) is 0 Å². The number of carbonyl (C=O) groups is 1. The summed E-state index contributed by atoms with van der Waals surface area (Å²) in [5, 5.41) is 3.88. The summed E-state index contributed by atoms with van der Waals surface area (Å²) in [5.74, 6) is 1.94. The zero-order chi connectivity index (χ0) is 26.2. The lowest BCUT2D eigenvalue weighted by Gasteiger charge is -2.37. The molecule has 3 aliphatic heterocycles. The number of carbonyl (C=O) groups excluding carboxylic acids is 1. The van der Waals surface area contributed by atoms with Gasteiger partial charge >= 0.3 is 6.03 Å². The largest absolute Gasteiger partial charge is 0.491 e. The number of nitrogens with one attached hydrogen (secondary N) is 1. The number of piperazine rings is 1. The van der Waals surface area contributed by atoms with E-state index in [1.807, 2.05) is 37.3 Å². The Morgan fingerprint density at radius 1 is 1.03 bits per heavy atom. The molecule has 0 spiro atoms. The molecule has 0 saturated carbocycles. The SMILES string of the molecule is Cc1cccc(Cl)c1N1Cc2cnc3nc2N(CCCCOc2cc(ccc2N2CCN(C)CC2)N3)C1=O. The van der Waals surface area contributed by atoms with Crippen LogP contribution in [-0.4, -0.2) is 67.3 Å². The lowest BCUT2D eigenvalue weighted by Crippen LogP contribution is -2.48. The summed E-state index contributed by atoms with van der Waals surface area (Å²) in [4.78, 5) is 31.4. The van der Waals surface area contributed by atoms with E-state index in [4.69, 9.17) is 21.3 Å². The van der Waals surface area contributed by atoms with Crippen LogP contribution in [0, 0.1) is 6.92 Å². The van der Waals surface area contributed by atoms with Crippen LogP contribution in [0.2, 0.25) is 5.02 Å². The minimum Gasteiger partial charge on any atom is -0.491 e. The van der Waals surface area contributed by atoms with E-state index in [1.54, 1.807) is 16.0 Å². The van der Waals surface area contributed by atoms with Crippen molar-refractivity contribution in [3.8, 4) is 5.75 Å². The van der Waals surface area contributed by atoms with Crippen LogP contribution in [-0.2, 0) is 6.54 Å². The molecule has 0 unspecified atom stereocenters. The van der Waals surface area contributed by atoms with Crippen LogP contribution >= 0.6 is 11.6 Å². The number of hydrogen-bond acceptors (Lipinski definition) is 7. The molecule has 0 atom stereocenters. The molecule has 1 aromatic heterocycles. The fraction of sp³-hybridized carbons (Fsp3) is 0.393. The molecule has 3 aromatic rings. The van der Waals surface area contributed by atoms with Crippen molar-refractivity contribution in [2.45, 2.75) is 26.3 Å². The van der Waals surface area contributed by atoms with Crippen molar-refractivity contribution in [2.24, 2.45) is 0 Å². The zero-order valence-corrected chi connectivity index (χ0v) is 22.5. The Balaban J connectivity index is 1.33. The molecular formula is C28H32ClN7O2. The summed E-state index contributed by atoms with van der Waals surface area (Å²) < 4.78 is 6.32. The summed E-state index contributed by atoms with van der Waals surface area (Å²) in [5.41, 5.74) is 4.51. The van der Waals surface area contributed by atoms with Gasteiger partial charge in [0.1, 0.15) is 11.6 Å². The molecule has 1 fully saturated rings. The van der Waals surface area contributed by atoms with Gasteiger partial charge in [-0.3, -0.25) is 9.80 Å². The number of nitrogens with zero attached hydrogens (tertiary/aromatic N) is 6. The summed E-state index contributed by atoms with van der Waals surface area (Å²) in [7, 11) is 2.16. The summed E-state index contributed by atoms with van der Waals surface area (Å²) in [6, 6.07) is 11.7. The first-order valence-corrected chi connectivity index (χ1v) is 13.5. The topological polar surface area (TPSA) is 77.1 Å². The van der Waals surface area contributed by atoms with E-state index >= 15 is 0 Å². The van der Waals surface area contributed by atoms with Crippen LogP contribution in [0.4, 0.5) is 33.6 Å². The molecule has 9 nitrogen and oxygen atoms in total. The van der Waals surface area contributed by atoms with Crippen molar-refractivity contribution in [3.05, 3.63) is 58.7 Å². The number of amides is 2. The van der Waals surface area contributed by atoms with Crippen molar-refractivity contribution >= 4 is 46.5 Å². The predicted octanol–water partition coefficient (Wildman–Crippen LogP) is 5.05. The fourth-order valence-corrected chi connectivity index (χ4v) is 5.64. The number of rotatable bonds is 2. The Morgan fingerprint density at radius 2 is 1.87 bits per heavy atom. The number of benzene rings is 2. The van der Waals surface area contributed by atoms with Gasteiger partial charge in [0.05, 0.1) is 29.5 Å². The van der Waals surface area contributed by atoms with Crippen LogP contribution in [0.3, 0.4) is 0 Å². The van der Waals surface area contributed by atoms with E-state index in [1.165, 1.54) is 0 Å². The molecule has 1 saturated heterocycles. The van der Waals surface area contributed by atoms with E-state index in [0.717, 1.165) is 73.0 Å². The van der Waals surface area contributed by atoms with Gasteiger partial charge in [0.25, 0.3) is 0 Å². The number of ether oxygens (including phenoxy) is 1. The van der Waals surface area contributed by atoms with Crippen molar-refractivity contribution in [1.29, 1.82) is 0 Å². The van der Waals surface area contributed by atoms with Gasteiger partial charge in [0.2, 0.25) is 5.95 Å². The molecule has 10 heteroatoms. The third-order valence-corrected chi connectivity index (χ3v) is 7.74. The number of anilines is 5. The molecule has 3 aliphatic rings. The Kier molecular flexibility index (Phi) is 6.71. The number of hydrogen-bond donors (Lipinski definition) is 1. The molecule has 198 valence electrons. The van der Waals surface area contributed by atoms with Gasteiger partial charge in [0, 0.05) is 56.2 Å². The molecule has 2 amide bonds. The normalized spacial score (nSPS) is 18.2. The smallest absolute Gasteiger partial charge is 0.330 e. The van der Waals surface area contributed by atoms with Crippen LogP contribution in [0.1, 0.15) is 24.0 Å². The average Bonchev–Trinajstić information content (AvgIpc) is 2.91. The summed E-state index contributed by atoms with van der Waals surface area (Å²) in [6.45, 7) is 7.40. The van der Waals surface area contributed by atoms with Gasteiger partial charge < -0.3 is 19.9 Å². The Hall–Kier alpha value is -3.56. The van der Waals surface area contributed by atoms with Gasteiger partial charge in [-0.15, -0.1) is 0 Å². The lowest BCUT2D eigenvalue weighted by atomic mass is 10.1. The second-order valence-corrected chi connectivity index (χ2v) is 10.5.